The van der Waals surface area contributed by atoms with Crippen LogP contribution in [0.5, 0.6) is 0 Å². The molecule has 0 unspecified atom stereocenters. The quantitative estimate of drug-likeness (QED) is 0.820. The van der Waals surface area contributed by atoms with Crippen LogP contribution in [-0.2, 0) is 0 Å². The smallest absolute Gasteiger partial charge is 0.267 e. The van der Waals surface area contributed by atoms with Gasteiger partial charge in [0.2, 0.25) is 0 Å². The number of rotatable bonds is 2. The Hall–Kier alpha value is -1.35. The summed E-state index contributed by atoms with van der Waals surface area (Å²) in [6.07, 6.45) is 3.54. The summed E-state index contributed by atoms with van der Waals surface area (Å²) in [5.41, 5.74) is 4.28. The summed E-state index contributed by atoms with van der Waals surface area (Å²) in [7, 11) is 0. The Morgan fingerprint density at radius 1 is 1.32 bits per heavy atom. The highest BCUT2D eigenvalue weighted by Crippen LogP contribution is 2.25. The molecule has 1 aliphatic carbocycles. The van der Waals surface area contributed by atoms with Gasteiger partial charge in [0.25, 0.3) is 5.91 Å². The van der Waals surface area contributed by atoms with E-state index in [9.17, 15) is 4.79 Å². The van der Waals surface area contributed by atoms with Gasteiger partial charge in [-0.15, -0.1) is 0 Å². The van der Waals surface area contributed by atoms with Gasteiger partial charge in [0, 0.05) is 16.3 Å². The second-order valence-corrected chi connectivity index (χ2v) is 5.66. The number of benzene rings is 1. The number of halogens is 1. The van der Waals surface area contributed by atoms with Crippen molar-refractivity contribution in [3.63, 3.8) is 0 Å². The van der Waals surface area contributed by atoms with Gasteiger partial charge in [-0.3, -0.25) is 4.79 Å². The standard InChI is InChI=1S/C15H19ClN2O/c1-10-5-3-6-11(2)14(10)17-18-15(19)12-7-4-8-13(16)9-12/h4,7-11H,3,5-6H2,1-2H3,(H,18,19)/t10-,11-/m1/s1. The van der Waals surface area contributed by atoms with Gasteiger partial charge in [0.05, 0.1) is 0 Å². The topological polar surface area (TPSA) is 41.5 Å². The van der Waals surface area contributed by atoms with Crippen LogP contribution >= 0.6 is 11.6 Å². The van der Waals surface area contributed by atoms with Crippen LogP contribution in [0.3, 0.4) is 0 Å². The number of hydrazone groups is 1. The normalized spacial score (nSPS) is 23.0. The molecule has 0 heterocycles. The molecule has 2 atom stereocenters. The molecule has 4 heteroatoms. The summed E-state index contributed by atoms with van der Waals surface area (Å²) >= 11 is 5.87. The summed E-state index contributed by atoms with van der Waals surface area (Å²) in [6, 6.07) is 6.88. The van der Waals surface area contributed by atoms with Gasteiger partial charge < -0.3 is 0 Å². The van der Waals surface area contributed by atoms with E-state index < -0.39 is 0 Å². The molecule has 1 aliphatic rings. The van der Waals surface area contributed by atoms with Crippen LogP contribution in [0, 0.1) is 11.8 Å². The zero-order valence-corrected chi connectivity index (χ0v) is 12.1. The van der Waals surface area contributed by atoms with Crippen LogP contribution in [0.25, 0.3) is 0 Å². The third-order valence-corrected chi connectivity index (χ3v) is 3.89. The Labute approximate surface area is 119 Å². The molecule has 0 saturated heterocycles. The summed E-state index contributed by atoms with van der Waals surface area (Å²) in [5, 5.41) is 4.88. The molecule has 0 radical (unpaired) electrons. The number of hydrogen-bond acceptors (Lipinski definition) is 2. The van der Waals surface area contributed by atoms with Crippen LogP contribution in [0.4, 0.5) is 0 Å². The Morgan fingerprint density at radius 2 is 2.00 bits per heavy atom. The summed E-state index contributed by atoms with van der Waals surface area (Å²) in [6.45, 7) is 4.33. The van der Waals surface area contributed by atoms with Crippen LogP contribution in [-0.4, -0.2) is 11.6 Å². The van der Waals surface area contributed by atoms with E-state index in [4.69, 9.17) is 11.6 Å². The fraction of sp³-hybridized carbons (Fsp3) is 0.467. The number of nitrogens with zero attached hydrogens (tertiary/aromatic N) is 1. The highest BCUT2D eigenvalue weighted by molar-refractivity contribution is 6.30. The van der Waals surface area contributed by atoms with E-state index in [-0.39, 0.29) is 5.91 Å². The second-order valence-electron chi connectivity index (χ2n) is 5.22. The average Bonchev–Trinajstić information content (AvgIpc) is 2.38. The molecular weight excluding hydrogens is 260 g/mol. The van der Waals surface area contributed by atoms with Gasteiger partial charge in [0.15, 0.2) is 0 Å². The van der Waals surface area contributed by atoms with Gasteiger partial charge in [0.1, 0.15) is 0 Å². The molecule has 2 rings (SSSR count). The number of hydrogen-bond donors (Lipinski definition) is 1. The Balaban J connectivity index is 2.06. The third kappa shape index (κ3) is 3.57. The summed E-state index contributed by atoms with van der Waals surface area (Å²) in [5.74, 6) is 0.687. The molecule has 19 heavy (non-hydrogen) atoms. The molecule has 0 bridgehead atoms. The Morgan fingerprint density at radius 3 is 2.63 bits per heavy atom. The molecule has 1 fully saturated rings. The number of amides is 1. The van der Waals surface area contributed by atoms with E-state index in [1.165, 1.54) is 6.42 Å². The van der Waals surface area contributed by atoms with Crippen molar-refractivity contribution in [1.29, 1.82) is 0 Å². The van der Waals surface area contributed by atoms with E-state index in [0.29, 0.717) is 22.4 Å². The minimum Gasteiger partial charge on any atom is -0.267 e. The van der Waals surface area contributed by atoms with Crippen LogP contribution in [0.2, 0.25) is 5.02 Å². The lowest BCUT2D eigenvalue weighted by atomic mass is 9.81. The highest BCUT2D eigenvalue weighted by atomic mass is 35.5. The number of carbonyl (C=O) groups excluding carboxylic acids is 1. The maximum atomic E-state index is 12.0. The molecule has 0 spiro atoms. The van der Waals surface area contributed by atoms with E-state index in [0.717, 1.165) is 18.6 Å². The zero-order chi connectivity index (χ0) is 13.8. The van der Waals surface area contributed by atoms with Gasteiger partial charge in [-0.25, -0.2) is 5.43 Å². The van der Waals surface area contributed by atoms with Gasteiger partial charge in [-0.05, 0) is 42.9 Å². The largest absolute Gasteiger partial charge is 0.271 e. The molecule has 1 aromatic rings. The Kier molecular flexibility index (Phi) is 4.59. The van der Waals surface area contributed by atoms with Crippen molar-refractivity contribution in [1.82, 2.24) is 5.43 Å². The van der Waals surface area contributed by atoms with Crippen molar-refractivity contribution in [2.75, 3.05) is 0 Å². The second kappa shape index (κ2) is 6.20. The molecule has 1 aromatic carbocycles. The van der Waals surface area contributed by atoms with Gasteiger partial charge in [-0.2, -0.15) is 5.10 Å². The highest BCUT2D eigenvalue weighted by Gasteiger charge is 2.23. The van der Waals surface area contributed by atoms with E-state index in [1.807, 2.05) is 0 Å². The van der Waals surface area contributed by atoms with Crippen LogP contribution in [0.1, 0.15) is 43.5 Å². The monoisotopic (exact) mass is 278 g/mol. The number of carbonyl (C=O) groups is 1. The molecule has 3 nitrogen and oxygen atoms in total. The average molecular weight is 279 g/mol. The van der Waals surface area contributed by atoms with Crippen molar-refractivity contribution in [2.45, 2.75) is 33.1 Å². The first-order valence-electron chi connectivity index (χ1n) is 6.71. The first-order chi connectivity index (χ1) is 9.08. The zero-order valence-electron chi connectivity index (χ0n) is 11.3. The molecule has 102 valence electrons. The first-order valence-corrected chi connectivity index (χ1v) is 7.09. The van der Waals surface area contributed by atoms with Crippen molar-refractivity contribution in [3.05, 3.63) is 34.9 Å². The number of nitrogens with one attached hydrogen (secondary N) is 1. The predicted octanol–water partition coefficient (Wildman–Crippen LogP) is 3.88. The van der Waals surface area contributed by atoms with Gasteiger partial charge >= 0.3 is 0 Å². The van der Waals surface area contributed by atoms with E-state index in [2.05, 4.69) is 24.4 Å². The van der Waals surface area contributed by atoms with Crippen molar-refractivity contribution in [2.24, 2.45) is 16.9 Å². The maximum Gasteiger partial charge on any atom is 0.271 e. The Bertz CT molecular complexity index is 487. The van der Waals surface area contributed by atoms with Crippen LogP contribution in [0.15, 0.2) is 29.4 Å². The van der Waals surface area contributed by atoms with Crippen molar-refractivity contribution < 1.29 is 4.79 Å². The molecule has 1 saturated carbocycles. The minimum absolute atomic E-state index is 0.208. The lowest BCUT2D eigenvalue weighted by Gasteiger charge is -2.26. The molecule has 0 aliphatic heterocycles. The minimum atomic E-state index is -0.208. The third-order valence-electron chi connectivity index (χ3n) is 3.66. The van der Waals surface area contributed by atoms with Gasteiger partial charge in [-0.1, -0.05) is 37.9 Å². The maximum absolute atomic E-state index is 12.0. The summed E-state index contributed by atoms with van der Waals surface area (Å²) in [4.78, 5) is 12.0. The molecule has 1 N–H and O–H groups in total. The fourth-order valence-corrected chi connectivity index (χ4v) is 2.73. The van der Waals surface area contributed by atoms with E-state index >= 15 is 0 Å². The molecule has 1 amide bonds. The van der Waals surface area contributed by atoms with E-state index in [1.54, 1.807) is 24.3 Å². The predicted molar refractivity (Wildman–Crippen MR) is 78.5 cm³/mol. The van der Waals surface area contributed by atoms with Crippen molar-refractivity contribution in [3.8, 4) is 0 Å². The van der Waals surface area contributed by atoms with Crippen molar-refractivity contribution >= 4 is 23.2 Å². The molecule has 0 aromatic heterocycles. The SMILES string of the molecule is C[C@@H]1CCC[C@@H](C)C1=NNC(=O)c1cccc(Cl)c1. The fourth-order valence-electron chi connectivity index (χ4n) is 2.54. The lowest BCUT2D eigenvalue weighted by Crippen LogP contribution is -2.29. The van der Waals surface area contributed by atoms with Crippen LogP contribution < -0.4 is 5.43 Å². The lowest BCUT2D eigenvalue weighted by molar-refractivity contribution is 0.0954. The summed E-state index contributed by atoms with van der Waals surface area (Å²) < 4.78 is 0. The molecular formula is C15H19ClN2O. The first kappa shape index (κ1) is 14.1.